The van der Waals surface area contributed by atoms with Gasteiger partial charge in [0.2, 0.25) is 0 Å². The fourth-order valence-electron chi connectivity index (χ4n) is 3.09. The van der Waals surface area contributed by atoms with Crippen LogP contribution < -0.4 is 15.4 Å². The van der Waals surface area contributed by atoms with E-state index in [0.717, 1.165) is 37.7 Å². The quantitative estimate of drug-likeness (QED) is 0.478. The lowest BCUT2D eigenvalue weighted by Gasteiger charge is -2.34. The topological polar surface area (TPSA) is 76.7 Å². The van der Waals surface area contributed by atoms with Crippen molar-refractivity contribution in [2.24, 2.45) is 5.92 Å². The van der Waals surface area contributed by atoms with Gasteiger partial charge in [-0.1, -0.05) is 57.9 Å². The van der Waals surface area contributed by atoms with Crippen LogP contribution in [-0.4, -0.2) is 25.2 Å². The van der Waals surface area contributed by atoms with E-state index in [4.69, 9.17) is 9.47 Å². The predicted octanol–water partition coefficient (Wildman–Crippen LogP) is 4.08. The number of esters is 1. The second-order valence-corrected chi connectivity index (χ2v) is 6.69. The van der Waals surface area contributed by atoms with Gasteiger partial charge in [0, 0.05) is 11.3 Å². The number of amides is 2. The van der Waals surface area contributed by atoms with Gasteiger partial charge < -0.3 is 20.1 Å². The molecule has 1 aromatic carbocycles. The number of unbranched alkanes of at least 4 members (excludes halogenated alkanes) is 3. The molecule has 148 valence electrons. The van der Waals surface area contributed by atoms with E-state index in [-0.39, 0.29) is 12.0 Å². The van der Waals surface area contributed by atoms with Crippen LogP contribution in [-0.2, 0) is 9.53 Å². The zero-order valence-corrected chi connectivity index (χ0v) is 16.3. The summed E-state index contributed by atoms with van der Waals surface area (Å²) >= 11 is 0. The molecule has 1 aromatic rings. The maximum Gasteiger partial charge on any atom is 0.319 e. The van der Waals surface area contributed by atoms with Crippen LogP contribution in [0.1, 0.15) is 57.6 Å². The third-order valence-electron chi connectivity index (χ3n) is 4.48. The monoisotopic (exact) mass is 374 g/mol. The first kappa shape index (κ1) is 20.8. The smallest absolute Gasteiger partial charge is 0.319 e. The number of nitrogens with one attached hydrogen (secondary N) is 2. The molecule has 1 aliphatic heterocycles. The summed E-state index contributed by atoms with van der Waals surface area (Å²) in [5.74, 6) is -0.445. The molecule has 2 atom stereocenters. The highest BCUT2D eigenvalue weighted by atomic mass is 16.5. The van der Waals surface area contributed by atoms with Gasteiger partial charge in [-0.05, 0) is 18.9 Å². The number of carbonyl (C=O) groups is 2. The fourth-order valence-corrected chi connectivity index (χ4v) is 3.09. The van der Waals surface area contributed by atoms with E-state index < -0.39 is 12.0 Å². The largest absolute Gasteiger partial charge is 0.493 e. The van der Waals surface area contributed by atoms with Crippen LogP contribution in [0.3, 0.4) is 0 Å². The van der Waals surface area contributed by atoms with Gasteiger partial charge in [0.1, 0.15) is 11.7 Å². The van der Waals surface area contributed by atoms with E-state index in [9.17, 15) is 9.59 Å². The predicted molar refractivity (Wildman–Crippen MR) is 104 cm³/mol. The van der Waals surface area contributed by atoms with Gasteiger partial charge in [-0.25, -0.2) is 4.79 Å². The van der Waals surface area contributed by atoms with Crippen molar-refractivity contribution >= 4 is 12.0 Å². The standard InChI is InChI=1S/C21H30N2O4/c1-4-6-7-10-14-27-20(24)18-15(3)22-21(25)23-19(18)16-11-8-9-12-17(16)26-13-5-2/h8-9,11-12,18-19H,3-7,10,13-14H2,1-2H3,(H2,22,23,25)/t18-,19+/m1/s1. The number of para-hydroxylation sites is 1. The van der Waals surface area contributed by atoms with E-state index >= 15 is 0 Å². The minimum absolute atomic E-state index is 0.340. The molecule has 1 saturated heterocycles. The van der Waals surface area contributed by atoms with Gasteiger partial charge in [0.15, 0.2) is 0 Å². The Bertz CT molecular complexity index is 659. The first-order valence-corrected chi connectivity index (χ1v) is 9.73. The normalized spacial score (nSPS) is 19.2. The Morgan fingerprint density at radius 3 is 2.63 bits per heavy atom. The van der Waals surface area contributed by atoms with E-state index in [0.29, 0.717) is 24.7 Å². The van der Waals surface area contributed by atoms with Crippen LogP contribution in [0, 0.1) is 5.92 Å². The van der Waals surface area contributed by atoms with Crippen LogP contribution in [0.4, 0.5) is 4.79 Å². The number of carbonyl (C=O) groups excluding carboxylic acids is 2. The van der Waals surface area contributed by atoms with Crippen LogP contribution in [0.5, 0.6) is 5.75 Å². The van der Waals surface area contributed by atoms with Crippen LogP contribution >= 0.6 is 0 Å². The van der Waals surface area contributed by atoms with Gasteiger partial charge in [-0.15, -0.1) is 0 Å². The minimum Gasteiger partial charge on any atom is -0.493 e. The summed E-state index contributed by atoms with van der Waals surface area (Å²) in [6.07, 6.45) is 4.97. The summed E-state index contributed by atoms with van der Waals surface area (Å²) < 4.78 is 11.3. The molecule has 0 spiro atoms. The average molecular weight is 374 g/mol. The molecule has 6 nitrogen and oxygen atoms in total. The number of urea groups is 1. The number of hydrogen-bond acceptors (Lipinski definition) is 4. The van der Waals surface area contributed by atoms with Crippen molar-refractivity contribution in [1.82, 2.24) is 10.6 Å². The highest BCUT2D eigenvalue weighted by molar-refractivity contribution is 5.85. The Balaban J connectivity index is 2.17. The Kier molecular flexibility index (Phi) is 8.17. The van der Waals surface area contributed by atoms with Crippen molar-refractivity contribution in [2.45, 2.75) is 52.0 Å². The van der Waals surface area contributed by atoms with Crippen LogP contribution in [0.2, 0.25) is 0 Å². The first-order chi connectivity index (χ1) is 13.1. The molecule has 2 rings (SSSR count). The summed E-state index contributed by atoms with van der Waals surface area (Å²) in [5, 5.41) is 5.43. The van der Waals surface area contributed by atoms with Gasteiger partial charge >= 0.3 is 12.0 Å². The molecule has 6 heteroatoms. The van der Waals surface area contributed by atoms with Crippen molar-refractivity contribution in [3.8, 4) is 5.75 Å². The average Bonchev–Trinajstić information content (AvgIpc) is 2.65. The zero-order valence-electron chi connectivity index (χ0n) is 16.3. The summed E-state index contributed by atoms with van der Waals surface area (Å²) in [4.78, 5) is 24.7. The third-order valence-corrected chi connectivity index (χ3v) is 4.48. The summed E-state index contributed by atoms with van der Waals surface area (Å²) in [7, 11) is 0. The molecule has 1 fully saturated rings. The van der Waals surface area contributed by atoms with Crippen LogP contribution in [0.15, 0.2) is 36.5 Å². The lowest BCUT2D eigenvalue weighted by atomic mass is 9.88. The van der Waals surface area contributed by atoms with Crippen molar-refractivity contribution in [3.05, 3.63) is 42.1 Å². The number of benzene rings is 1. The summed E-state index contributed by atoms with van der Waals surface area (Å²) in [6.45, 7) is 8.97. The lowest BCUT2D eigenvalue weighted by Crippen LogP contribution is -2.51. The molecule has 0 aromatic heterocycles. The molecule has 27 heavy (non-hydrogen) atoms. The van der Waals surface area contributed by atoms with E-state index in [1.165, 1.54) is 0 Å². The Morgan fingerprint density at radius 1 is 1.11 bits per heavy atom. The van der Waals surface area contributed by atoms with Crippen molar-refractivity contribution in [2.75, 3.05) is 13.2 Å². The second-order valence-electron chi connectivity index (χ2n) is 6.69. The molecule has 0 unspecified atom stereocenters. The SMILES string of the molecule is C=C1NC(=O)N[C@@H](c2ccccc2OCCC)[C@@H]1C(=O)OCCCCCC. The highest BCUT2D eigenvalue weighted by Gasteiger charge is 2.40. The molecule has 0 bridgehead atoms. The zero-order chi connectivity index (χ0) is 19.6. The Hall–Kier alpha value is -2.50. The van der Waals surface area contributed by atoms with Gasteiger partial charge in [-0.3, -0.25) is 4.79 Å². The molecule has 2 amide bonds. The molecule has 0 saturated carbocycles. The summed E-state index contributed by atoms with van der Waals surface area (Å²) in [5.41, 5.74) is 1.09. The number of hydrogen-bond donors (Lipinski definition) is 2. The highest BCUT2D eigenvalue weighted by Crippen LogP contribution is 2.35. The maximum absolute atomic E-state index is 12.7. The molecule has 2 N–H and O–H groups in total. The second kappa shape index (κ2) is 10.6. The van der Waals surface area contributed by atoms with E-state index in [1.54, 1.807) is 0 Å². The fraction of sp³-hybridized carbons (Fsp3) is 0.524. The first-order valence-electron chi connectivity index (χ1n) is 9.73. The molecule has 1 heterocycles. The van der Waals surface area contributed by atoms with Gasteiger partial charge in [-0.2, -0.15) is 0 Å². The van der Waals surface area contributed by atoms with Crippen molar-refractivity contribution < 1.29 is 19.1 Å². The lowest BCUT2D eigenvalue weighted by molar-refractivity contribution is -0.148. The van der Waals surface area contributed by atoms with E-state index in [2.05, 4.69) is 24.1 Å². The van der Waals surface area contributed by atoms with Gasteiger partial charge in [0.05, 0.1) is 19.3 Å². The minimum atomic E-state index is -0.708. The number of ether oxygens (including phenoxy) is 2. The molecule has 0 radical (unpaired) electrons. The van der Waals surface area contributed by atoms with Crippen LogP contribution in [0.25, 0.3) is 0 Å². The van der Waals surface area contributed by atoms with E-state index in [1.807, 2.05) is 31.2 Å². The molecular weight excluding hydrogens is 344 g/mol. The molecular formula is C21H30N2O4. The molecule has 0 aliphatic carbocycles. The third kappa shape index (κ3) is 5.74. The van der Waals surface area contributed by atoms with Crippen molar-refractivity contribution in [1.29, 1.82) is 0 Å². The Labute approximate surface area is 161 Å². The maximum atomic E-state index is 12.7. The van der Waals surface area contributed by atoms with Crippen molar-refractivity contribution in [3.63, 3.8) is 0 Å². The summed E-state index contributed by atoms with van der Waals surface area (Å²) in [6, 6.07) is 6.46. The molecule has 1 aliphatic rings. The number of rotatable bonds is 10. The van der Waals surface area contributed by atoms with Gasteiger partial charge in [0.25, 0.3) is 0 Å². The Morgan fingerprint density at radius 2 is 1.89 bits per heavy atom.